The van der Waals surface area contributed by atoms with Crippen LogP contribution < -0.4 is 24.4 Å². The first-order chi connectivity index (χ1) is 22.6. The Morgan fingerprint density at radius 1 is 0.787 bits per heavy atom. The summed E-state index contributed by atoms with van der Waals surface area (Å²) in [5.41, 5.74) is 1.99. The Bertz CT molecular complexity index is 1740. The molecule has 0 aliphatic rings. The number of methoxy groups -OCH3 is 3. The first-order valence-electron chi connectivity index (χ1n) is 14.3. The molecule has 0 spiro atoms. The minimum atomic E-state index is -4.92. The highest BCUT2D eigenvalue weighted by Crippen LogP contribution is 2.36. The molecule has 0 saturated carbocycles. The Morgan fingerprint density at radius 3 is 1.91 bits per heavy atom. The van der Waals surface area contributed by atoms with E-state index in [0.717, 1.165) is 17.3 Å². The highest BCUT2D eigenvalue weighted by molar-refractivity contribution is 5.75. The van der Waals surface area contributed by atoms with Gasteiger partial charge in [0.05, 0.1) is 38.8 Å². The predicted molar refractivity (Wildman–Crippen MR) is 169 cm³/mol. The van der Waals surface area contributed by atoms with E-state index in [1.54, 1.807) is 33.3 Å². The van der Waals surface area contributed by atoms with Crippen LogP contribution in [0.1, 0.15) is 28.6 Å². The topological polar surface area (TPSA) is 128 Å². The maximum absolute atomic E-state index is 13.6. The minimum absolute atomic E-state index is 0.0506. The van der Waals surface area contributed by atoms with Crippen LogP contribution in [0.3, 0.4) is 0 Å². The Hall–Kier alpha value is -5.50. The lowest BCUT2D eigenvalue weighted by molar-refractivity contribution is -0.206. The fraction of sp³-hybridized carbons (Fsp3) is 0.242. The second-order valence-corrected chi connectivity index (χ2v) is 10.4. The molecule has 5 aromatic rings. The average Bonchev–Trinajstić information content (AvgIpc) is 3.08. The number of aryl methyl sites for hydroxylation is 1. The summed E-state index contributed by atoms with van der Waals surface area (Å²) >= 11 is 0. The van der Waals surface area contributed by atoms with E-state index >= 15 is 0 Å². The van der Waals surface area contributed by atoms with Crippen molar-refractivity contribution in [2.24, 2.45) is 0 Å². The Balaban J connectivity index is 1.59. The van der Waals surface area contributed by atoms with Crippen LogP contribution >= 0.6 is 0 Å². The molecule has 0 fully saturated rings. The summed E-state index contributed by atoms with van der Waals surface area (Å²) in [5.74, 6) is 2.57. The Morgan fingerprint density at radius 2 is 1.40 bits per heavy atom. The van der Waals surface area contributed by atoms with Gasteiger partial charge in [-0.05, 0) is 54.4 Å². The highest BCUT2D eigenvalue weighted by atomic mass is 19.4. The van der Waals surface area contributed by atoms with Crippen molar-refractivity contribution in [1.29, 1.82) is 0 Å². The van der Waals surface area contributed by atoms with Gasteiger partial charge >= 0.3 is 6.18 Å². The average molecular weight is 648 g/mol. The van der Waals surface area contributed by atoms with Crippen LogP contribution in [0.5, 0.6) is 17.4 Å². The molecule has 1 unspecified atom stereocenters. The van der Waals surface area contributed by atoms with E-state index in [4.69, 9.17) is 19.2 Å². The van der Waals surface area contributed by atoms with E-state index in [9.17, 15) is 18.3 Å². The standard InChI is InChI=1S/C33H32F3N7O4/c1-20-39-31(27-15-23(29(44)33(34,35)36)16-38-30(27)41-24-9-14-28(47-4)37-17-24)42-32(40-20)43(18-21-5-10-25(45-2)11-6-21)19-22-7-12-26(46-3)13-8-22/h5-17,29,44H,18-19H2,1-4H3,(H,38,41). The largest absolute Gasteiger partial charge is 0.497 e. The van der Waals surface area contributed by atoms with Gasteiger partial charge in [0.25, 0.3) is 0 Å². The van der Waals surface area contributed by atoms with Crippen molar-refractivity contribution in [3.8, 4) is 28.8 Å². The summed E-state index contributed by atoms with van der Waals surface area (Å²) in [6, 6.07) is 19.5. The van der Waals surface area contributed by atoms with Crippen molar-refractivity contribution in [1.82, 2.24) is 24.9 Å². The second kappa shape index (κ2) is 14.3. The van der Waals surface area contributed by atoms with Gasteiger partial charge in [-0.25, -0.2) is 15.0 Å². The molecule has 3 aromatic heterocycles. The number of aliphatic hydroxyl groups excluding tert-OH is 1. The summed E-state index contributed by atoms with van der Waals surface area (Å²) in [5, 5.41) is 13.1. The second-order valence-electron chi connectivity index (χ2n) is 10.4. The van der Waals surface area contributed by atoms with Gasteiger partial charge in [-0.15, -0.1) is 0 Å². The number of benzene rings is 2. The zero-order valence-corrected chi connectivity index (χ0v) is 26.0. The maximum atomic E-state index is 13.6. The van der Waals surface area contributed by atoms with Gasteiger partial charge in [-0.2, -0.15) is 23.1 Å². The first-order valence-corrected chi connectivity index (χ1v) is 14.3. The monoisotopic (exact) mass is 647 g/mol. The molecular formula is C33H32F3N7O4. The third-order valence-electron chi connectivity index (χ3n) is 7.07. The molecule has 0 aliphatic heterocycles. The molecule has 2 N–H and O–H groups in total. The molecule has 1 atom stereocenters. The SMILES string of the molecule is COc1ccc(CN(Cc2ccc(OC)cc2)c2nc(C)nc(-c3cc(C(O)C(F)(F)F)cnc3Nc3ccc(OC)nc3)n2)cc1. The summed E-state index contributed by atoms with van der Waals surface area (Å²) in [6.07, 6.45) is -5.25. The number of pyridine rings is 2. The highest BCUT2D eigenvalue weighted by Gasteiger charge is 2.40. The first kappa shape index (κ1) is 32.9. The summed E-state index contributed by atoms with van der Waals surface area (Å²) in [4.78, 5) is 24.1. The number of hydrogen-bond donors (Lipinski definition) is 2. The molecule has 47 heavy (non-hydrogen) atoms. The van der Waals surface area contributed by atoms with E-state index in [2.05, 4.69) is 25.3 Å². The van der Waals surface area contributed by atoms with Crippen molar-refractivity contribution < 1.29 is 32.5 Å². The quantitative estimate of drug-likeness (QED) is 0.160. The van der Waals surface area contributed by atoms with Gasteiger partial charge < -0.3 is 29.5 Å². The van der Waals surface area contributed by atoms with E-state index in [1.807, 2.05) is 53.4 Å². The third kappa shape index (κ3) is 8.21. The molecule has 3 heterocycles. The lowest BCUT2D eigenvalue weighted by Crippen LogP contribution is -2.25. The van der Waals surface area contributed by atoms with Crippen LogP contribution in [-0.4, -0.2) is 57.5 Å². The maximum Gasteiger partial charge on any atom is 0.418 e. The van der Waals surface area contributed by atoms with Crippen LogP contribution in [-0.2, 0) is 13.1 Å². The minimum Gasteiger partial charge on any atom is -0.497 e. The molecular weight excluding hydrogens is 615 g/mol. The van der Waals surface area contributed by atoms with Crippen LogP contribution in [0.15, 0.2) is 79.1 Å². The summed E-state index contributed by atoms with van der Waals surface area (Å²) in [6.45, 7) is 2.43. The van der Waals surface area contributed by atoms with E-state index in [-0.39, 0.29) is 23.2 Å². The number of nitrogens with one attached hydrogen (secondary N) is 1. The molecule has 5 rings (SSSR count). The van der Waals surface area contributed by atoms with Crippen molar-refractivity contribution >= 4 is 17.5 Å². The molecule has 0 amide bonds. The van der Waals surface area contributed by atoms with Gasteiger partial charge in [0.1, 0.15) is 23.1 Å². The van der Waals surface area contributed by atoms with Crippen LogP contribution in [0.4, 0.5) is 30.6 Å². The number of aliphatic hydroxyl groups is 1. The van der Waals surface area contributed by atoms with Crippen molar-refractivity contribution in [3.63, 3.8) is 0 Å². The normalized spacial score (nSPS) is 11.9. The number of rotatable bonds is 12. The molecule has 14 heteroatoms. The van der Waals surface area contributed by atoms with E-state index < -0.39 is 17.8 Å². The van der Waals surface area contributed by atoms with Crippen molar-refractivity contribution in [3.05, 3.63) is 102 Å². The Labute approximate surface area is 269 Å². The number of aromatic nitrogens is 5. The van der Waals surface area contributed by atoms with Crippen LogP contribution in [0.25, 0.3) is 11.4 Å². The van der Waals surface area contributed by atoms with Gasteiger partial charge in [0.2, 0.25) is 11.8 Å². The molecule has 244 valence electrons. The van der Waals surface area contributed by atoms with Gasteiger partial charge in [0.15, 0.2) is 11.9 Å². The lowest BCUT2D eigenvalue weighted by atomic mass is 10.1. The van der Waals surface area contributed by atoms with Crippen LogP contribution in [0.2, 0.25) is 0 Å². The van der Waals surface area contributed by atoms with Crippen molar-refractivity contribution in [2.75, 3.05) is 31.5 Å². The number of halogens is 3. The predicted octanol–water partition coefficient (Wildman–Crippen LogP) is 6.21. The number of alkyl halides is 3. The van der Waals surface area contributed by atoms with Gasteiger partial charge in [-0.1, -0.05) is 24.3 Å². The molecule has 0 radical (unpaired) electrons. The fourth-order valence-electron chi connectivity index (χ4n) is 4.63. The third-order valence-corrected chi connectivity index (χ3v) is 7.07. The van der Waals surface area contributed by atoms with E-state index in [1.165, 1.54) is 19.4 Å². The molecule has 2 aromatic carbocycles. The number of anilines is 3. The zero-order valence-electron chi connectivity index (χ0n) is 26.0. The number of nitrogens with zero attached hydrogens (tertiary/aromatic N) is 6. The Kier molecular flexibility index (Phi) is 10.00. The molecule has 0 aliphatic carbocycles. The molecule has 0 bridgehead atoms. The van der Waals surface area contributed by atoms with Crippen LogP contribution in [0, 0.1) is 6.92 Å². The smallest absolute Gasteiger partial charge is 0.418 e. The molecule has 0 saturated heterocycles. The fourth-order valence-corrected chi connectivity index (χ4v) is 4.63. The summed E-state index contributed by atoms with van der Waals surface area (Å²) in [7, 11) is 4.66. The number of ether oxygens (including phenoxy) is 3. The van der Waals surface area contributed by atoms with Gasteiger partial charge in [0, 0.05) is 30.9 Å². The molecule has 11 nitrogen and oxygen atoms in total. The van der Waals surface area contributed by atoms with Gasteiger partial charge in [-0.3, -0.25) is 0 Å². The van der Waals surface area contributed by atoms with Crippen molar-refractivity contribution in [2.45, 2.75) is 32.3 Å². The van der Waals surface area contributed by atoms with E-state index in [0.29, 0.717) is 42.0 Å². The lowest BCUT2D eigenvalue weighted by Gasteiger charge is -2.24. The summed E-state index contributed by atoms with van der Waals surface area (Å²) < 4.78 is 56.4. The zero-order chi connectivity index (χ0) is 33.6. The number of hydrogen-bond acceptors (Lipinski definition) is 11.